The van der Waals surface area contributed by atoms with E-state index in [1.807, 2.05) is 38.1 Å². The lowest BCUT2D eigenvalue weighted by molar-refractivity contribution is -0.117. The smallest absolute Gasteiger partial charge is 0.225 e. The van der Waals surface area contributed by atoms with Gasteiger partial charge in [0, 0.05) is 29.6 Å². The highest BCUT2D eigenvalue weighted by Gasteiger charge is 2.28. The van der Waals surface area contributed by atoms with Crippen LogP contribution in [0.5, 0.6) is 5.75 Å². The number of anilines is 1. The van der Waals surface area contributed by atoms with Crippen LogP contribution in [0.4, 0.5) is 5.69 Å². The van der Waals surface area contributed by atoms with E-state index >= 15 is 0 Å². The number of amides is 1. The molecule has 4 rings (SSSR count). The number of carbonyl (C=O) groups excluding carboxylic acids is 1. The van der Waals surface area contributed by atoms with E-state index in [1.165, 1.54) is 11.1 Å². The highest BCUT2D eigenvalue weighted by molar-refractivity contribution is 6.31. The summed E-state index contributed by atoms with van der Waals surface area (Å²) < 4.78 is 5.84. The first-order valence-electron chi connectivity index (χ1n) is 11.0. The van der Waals surface area contributed by atoms with Gasteiger partial charge in [-0.1, -0.05) is 29.8 Å². The fraction of sp³-hybridized carbons (Fsp3) is 0.480. The number of halogens is 1. The molecule has 0 spiro atoms. The van der Waals surface area contributed by atoms with Crippen molar-refractivity contribution in [3.8, 4) is 5.75 Å². The Hall–Kier alpha value is -2.04. The van der Waals surface area contributed by atoms with Crippen LogP contribution in [-0.2, 0) is 11.2 Å². The summed E-state index contributed by atoms with van der Waals surface area (Å²) in [4.78, 5) is 14.6. The highest BCUT2D eigenvalue weighted by Crippen LogP contribution is 2.34. The fourth-order valence-electron chi connectivity index (χ4n) is 4.71. The van der Waals surface area contributed by atoms with E-state index < -0.39 is 0 Å². The van der Waals surface area contributed by atoms with Gasteiger partial charge in [-0.25, -0.2) is 0 Å². The molecule has 5 heteroatoms. The first-order valence-corrected chi connectivity index (χ1v) is 11.4. The number of piperidine rings is 1. The summed E-state index contributed by atoms with van der Waals surface area (Å²) in [6, 6.07) is 14.2. The molecule has 0 bridgehead atoms. The van der Waals surface area contributed by atoms with Crippen molar-refractivity contribution in [3.05, 3.63) is 58.6 Å². The van der Waals surface area contributed by atoms with E-state index in [1.54, 1.807) is 0 Å². The molecule has 2 aromatic carbocycles. The van der Waals surface area contributed by atoms with Crippen LogP contribution < -0.4 is 10.1 Å². The van der Waals surface area contributed by atoms with Crippen molar-refractivity contribution in [1.82, 2.24) is 4.90 Å². The van der Waals surface area contributed by atoms with Crippen LogP contribution in [0.25, 0.3) is 0 Å². The largest absolute Gasteiger partial charge is 0.491 e. The number of para-hydroxylation sites is 1. The topological polar surface area (TPSA) is 41.6 Å². The zero-order valence-electron chi connectivity index (χ0n) is 17.9. The summed E-state index contributed by atoms with van der Waals surface area (Å²) in [5.41, 5.74) is 3.44. The van der Waals surface area contributed by atoms with Crippen LogP contribution in [-0.4, -0.2) is 36.5 Å². The van der Waals surface area contributed by atoms with Crippen molar-refractivity contribution in [3.63, 3.8) is 0 Å². The molecule has 1 unspecified atom stereocenters. The minimum absolute atomic E-state index is 0.131. The van der Waals surface area contributed by atoms with Gasteiger partial charge in [0.2, 0.25) is 5.91 Å². The SMILES string of the molecule is CC(C)Oc1ccc(Cl)c(CC2CCN(CC3CC(=O)Nc4ccccc43)CC2)c1. The Morgan fingerprint density at radius 1 is 1.17 bits per heavy atom. The van der Waals surface area contributed by atoms with E-state index in [2.05, 4.69) is 28.4 Å². The number of hydrogen-bond acceptors (Lipinski definition) is 3. The van der Waals surface area contributed by atoms with E-state index in [4.69, 9.17) is 16.3 Å². The van der Waals surface area contributed by atoms with Crippen LogP contribution in [0.3, 0.4) is 0 Å². The zero-order chi connectivity index (χ0) is 21.1. The average Bonchev–Trinajstić information content (AvgIpc) is 2.71. The number of ether oxygens (including phenoxy) is 1. The summed E-state index contributed by atoms with van der Waals surface area (Å²) in [6.45, 7) is 7.18. The number of likely N-dealkylation sites (tertiary alicyclic amines) is 1. The third-order valence-corrected chi connectivity index (χ3v) is 6.56. The van der Waals surface area contributed by atoms with Crippen molar-refractivity contribution in [2.24, 2.45) is 5.92 Å². The molecule has 0 aromatic heterocycles. The van der Waals surface area contributed by atoms with Gasteiger partial charge in [-0.2, -0.15) is 0 Å². The Bertz CT molecular complexity index is 890. The average molecular weight is 427 g/mol. The lowest BCUT2D eigenvalue weighted by atomic mass is 9.87. The zero-order valence-corrected chi connectivity index (χ0v) is 18.6. The standard InChI is InChI=1S/C25H31ClN2O2/c1-17(2)30-21-7-8-23(26)19(14-21)13-18-9-11-28(12-10-18)16-20-15-25(29)27-24-6-4-3-5-22(20)24/h3-8,14,17-18,20H,9-13,15-16H2,1-2H3,(H,27,29). The molecule has 0 saturated carbocycles. The van der Waals surface area contributed by atoms with Crippen molar-refractivity contribution in [2.75, 3.05) is 25.0 Å². The molecule has 1 atom stereocenters. The number of nitrogens with one attached hydrogen (secondary N) is 1. The Morgan fingerprint density at radius 2 is 1.93 bits per heavy atom. The number of hydrogen-bond donors (Lipinski definition) is 1. The summed E-state index contributed by atoms with van der Waals surface area (Å²) in [5, 5.41) is 3.83. The molecule has 4 nitrogen and oxygen atoms in total. The van der Waals surface area contributed by atoms with Gasteiger partial charge in [0.15, 0.2) is 0 Å². The number of fused-ring (bicyclic) bond motifs is 1. The van der Waals surface area contributed by atoms with Crippen LogP contribution in [0.1, 0.15) is 50.2 Å². The van der Waals surface area contributed by atoms with Crippen molar-refractivity contribution >= 4 is 23.2 Å². The second-order valence-corrected chi connectivity index (χ2v) is 9.31. The number of benzene rings is 2. The number of rotatable bonds is 6. The molecule has 0 radical (unpaired) electrons. The molecule has 30 heavy (non-hydrogen) atoms. The maximum atomic E-state index is 12.1. The molecule has 2 aromatic rings. The van der Waals surface area contributed by atoms with E-state index in [-0.39, 0.29) is 17.9 Å². The van der Waals surface area contributed by atoms with Gasteiger partial charge in [-0.05, 0) is 87.5 Å². The molecular formula is C25H31ClN2O2. The van der Waals surface area contributed by atoms with Crippen molar-refractivity contribution < 1.29 is 9.53 Å². The van der Waals surface area contributed by atoms with Gasteiger partial charge >= 0.3 is 0 Å². The molecule has 2 aliphatic heterocycles. The Balaban J connectivity index is 1.33. The normalized spacial score (nSPS) is 20.1. The van der Waals surface area contributed by atoms with E-state index in [0.29, 0.717) is 12.3 Å². The molecular weight excluding hydrogens is 396 g/mol. The van der Waals surface area contributed by atoms with Gasteiger partial charge in [-0.15, -0.1) is 0 Å². The van der Waals surface area contributed by atoms with Crippen molar-refractivity contribution in [1.29, 1.82) is 0 Å². The first-order chi connectivity index (χ1) is 14.5. The molecule has 1 N–H and O–H groups in total. The van der Waals surface area contributed by atoms with Crippen molar-refractivity contribution in [2.45, 2.75) is 51.6 Å². The molecule has 2 aliphatic rings. The van der Waals surface area contributed by atoms with Crippen LogP contribution in [0.15, 0.2) is 42.5 Å². The quantitative estimate of drug-likeness (QED) is 0.662. The summed E-state index contributed by atoms with van der Waals surface area (Å²) in [5.74, 6) is 1.95. The molecule has 0 aliphatic carbocycles. The second kappa shape index (κ2) is 9.40. The van der Waals surface area contributed by atoms with Gasteiger partial charge < -0.3 is 15.0 Å². The minimum Gasteiger partial charge on any atom is -0.491 e. The molecule has 160 valence electrons. The molecule has 1 amide bonds. The second-order valence-electron chi connectivity index (χ2n) is 8.90. The Morgan fingerprint density at radius 3 is 2.70 bits per heavy atom. The Kier molecular flexibility index (Phi) is 6.64. The predicted octanol–water partition coefficient (Wildman–Crippen LogP) is 5.51. The molecule has 1 saturated heterocycles. The molecule has 1 fully saturated rings. The monoisotopic (exact) mass is 426 g/mol. The summed E-state index contributed by atoms with van der Waals surface area (Å²) >= 11 is 6.47. The van der Waals surface area contributed by atoms with Gasteiger partial charge in [-0.3, -0.25) is 4.79 Å². The number of nitrogens with zero attached hydrogens (tertiary/aromatic N) is 1. The summed E-state index contributed by atoms with van der Waals surface area (Å²) in [7, 11) is 0. The van der Waals surface area contributed by atoms with E-state index in [9.17, 15) is 4.79 Å². The lowest BCUT2D eigenvalue weighted by Gasteiger charge is -2.36. The molecule has 2 heterocycles. The van der Waals surface area contributed by atoms with E-state index in [0.717, 1.165) is 55.4 Å². The van der Waals surface area contributed by atoms with Gasteiger partial charge in [0.25, 0.3) is 0 Å². The fourth-order valence-corrected chi connectivity index (χ4v) is 4.91. The number of carbonyl (C=O) groups is 1. The maximum Gasteiger partial charge on any atom is 0.225 e. The third kappa shape index (κ3) is 5.16. The minimum atomic E-state index is 0.131. The predicted molar refractivity (Wildman–Crippen MR) is 123 cm³/mol. The van der Waals surface area contributed by atoms with Gasteiger partial charge in [0.1, 0.15) is 5.75 Å². The maximum absolute atomic E-state index is 12.1. The van der Waals surface area contributed by atoms with Crippen LogP contribution in [0, 0.1) is 5.92 Å². The first kappa shape index (κ1) is 21.2. The van der Waals surface area contributed by atoms with Gasteiger partial charge in [0.05, 0.1) is 6.10 Å². The van der Waals surface area contributed by atoms with Crippen LogP contribution in [0.2, 0.25) is 5.02 Å². The summed E-state index contributed by atoms with van der Waals surface area (Å²) in [6.07, 6.45) is 4.05. The Labute approximate surface area is 184 Å². The lowest BCUT2D eigenvalue weighted by Crippen LogP contribution is -2.39. The highest BCUT2D eigenvalue weighted by atomic mass is 35.5. The van der Waals surface area contributed by atoms with Crippen LogP contribution >= 0.6 is 11.6 Å². The third-order valence-electron chi connectivity index (χ3n) is 6.19.